The molecule has 2 N–H and O–H groups in total. The Bertz CT molecular complexity index is 1300. The molecule has 0 spiro atoms. The van der Waals surface area contributed by atoms with Gasteiger partial charge in [-0.15, -0.1) is 0 Å². The van der Waals surface area contributed by atoms with Gasteiger partial charge in [0, 0.05) is 17.3 Å². The average Bonchev–Trinajstić information content (AvgIpc) is 3.12. The van der Waals surface area contributed by atoms with Crippen molar-refractivity contribution in [2.24, 2.45) is 5.10 Å². The number of fused-ring (bicyclic) bond motifs is 1. The summed E-state index contributed by atoms with van der Waals surface area (Å²) in [7, 11) is -3.64. The molecule has 7 nitrogen and oxygen atoms in total. The first-order valence-corrected chi connectivity index (χ1v) is 12.3. The largest absolute Gasteiger partial charge is 0.275 e. The first-order valence-electron chi connectivity index (χ1n) is 9.99. The minimum atomic E-state index is -3.64. The van der Waals surface area contributed by atoms with Gasteiger partial charge < -0.3 is 0 Å². The molecule has 0 saturated heterocycles. The number of aromatic nitrogens is 2. The number of sulfonamides is 1. The number of halogens is 1. The highest BCUT2D eigenvalue weighted by atomic mass is 32.2. The van der Waals surface area contributed by atoms with Crippen LogP contribution in [0.25, 0.3) is 10.9 Å². The maximum Gasteiger partial charge on any atom is 0.241 e. The Morgan fingerprint density at radius 3 is 2.65 bits per heavy atom. The Labute approximate surface area is 184 Å². The summed E-state index contributed by atoms with van der Waals surface area (Å²) < 4.78 is 43.7. The predicted octanol–water partition coefficient (Wildman–Crippen LogP) is 3.72. The molecule has 1 unspecified atom stereocenters. The molecule has 1 saturated carbocycles. The third-order valence-electron chi connectivity index (χ3n) is 5.57. The highest BCUT2D eigenvalue weighted by Crippen LogP contribution is 2.37. The first-order chi connectivity index (χ1) is 14.7. The quantitative estimate of drug-likeness (QED) is 0.587. The zero-order valence-electron chi connectivity index (χ0n) is 17.1. The minimum Gasteiger partial charge on any atom is -0.275 e. The highest BCUT2D eigenvalue weighted by Gasteiger charge is 2.41. The van der Waals surface area contributed by atoms with Crippen LogP contribution in [-0.2, 0) is 16.4 Å². The number of hydrogen-bond acceptors (Lipinski definition) is 6. The topological polar surface area (TPSA) is 88.4 Å². The average molecular weight is 460 g/mol. The van der Waals surface area contributed by atoms with Gasteiger partial charge in [-0.05, 0) is 62.6 Å². The van der Waals surface area contributed by atoms with Crippen LogP contribution in [-0.4, -0.2) is 28.8 Å². The van der Waals surface area contributed by atoms with E-state index in [9.17, 15) is 12.8 Å². The Morgan fingerprint density at radius 1 is 1.26 bits per heavy atom. The second kappa shape index (κ2) is 7.32. The van der Waals surface area contributed by atoms with Gasteiger partial charge in [0.15, 0.2) is 5.50 Å². The zero-order chi connectivity index (χ0) is 21.8. The van der Waals surface area contributed by atoms with Crippen molar-refractivity contribution in [1.82, 2.24) is 19.9 Å². The molecule has 162 valence electrons. The summed E-state index contributed by atoms with van der Waals surface area (Å²) in [5.41, 5.74) is 4.84. The number of hydrazone groups is 1. The van der Waals surface area contributed by atoms with Crippen molar-refractivity contribution in [3.63, 3.8) is 0 Å². The third kappa shape index (κ3) is 4.07. The molecule has 2 aliphatic rings. The molecule has 1 aliphatic carbocycles. The summed E-state index contributed by atoms with van der Waals surface area (Å²) >= 11 is 1.51. The highest BCUT2D eigenvalue weighted by molar-refractivity contribution is 8.14. The monoisotopic (exact) mass is 459 g/mol. The van der Waals surface area contributed by atoms with Crippen LogP contribution in [0.3, 0.4) is 0 Å². The summed E-state index contributed by atoms with van der Waals surface area (Å²) in [5.74, 6) is -0.287. The lowest BCUT2D eigenvalue weighted by molar-refractivity contribution is 0.532. The van der Waals surface area contributed by atoms with Crippen LogP contribution in [0.15, 0.2) is 52.5 Å². The maximum atomic E-state index is 13.3. The molecule has 1 fully saturated rings. The molecule has 2 heterocycles. The summed E-state index contributed by atoms with van der Waals surface area (Å²) in [6, 6.07) is 11.4. The standard InChI is InChI=1S/C21H22FN5O2S2/c1-13-23-24-20(30-13)27-19-12-16(31(28,29)26-21(2)9-10-21)7-8-17(19)18(25-27)11-14-3-5-15(22)6-4-14/h3-8,12,20,24,26H,9-11H2,1-2H3. The van der Waals surface area contributed by atoms with Crippen molar-refractivity contribution < 1.29 is 12.8 Å². The molecule has 1 atom stereocenters. The summed E-state index contributed by atoms with van der Waals surface area (Å²) in [6.07, 6.45) is 2.18. The van der Waals surface area contributed by atoms with Crippen LogP contribution in [0.2, 0.25) is 0 Å². The van der Waals surface area contributed by atoms with E-state index in [0.29, 0.717) is 11.9 Å². The van der Waals surface area contributed by atoms with Crippen LogP contribution in [0.1, 0.15) is 43.4 Å². The van der Waals surface area contributed by atoms with Gasteiger partial charge >= 0.3 is 0 Å². The normalized spacial score (nSPS) is 20.0. The lowest BCUT2D eigenvalue weighted by Crippen LogP contribution is -2.34. The van der Waals surface area contributed by atoms with E-state index < -0.39 is 10.0 Å². The Hall–Kier alpha value is -2.43. The van der Waals surface area contributed by atoms with Crippen molar-refractivity contribution >= 4 is 37.7 Å². The van der Waals surface area contributed by atoms with Gasteiger partial charge in [0.05, 0.1) is 21.1 Å². The van der Waals surface area contributed by atoms with Gasteiger partial charge in [-0.2, -0.15) is 10.2 Å². The molecule has 1 aliphatic heterocycles. The number of thioether (sulfide) groups is 1. The second-order valence-electron chi connectivity index (χ2n) is 8.27. The number of hydrogen-bond donors (Lipinski definition) is 2. The van der Waals surface area contributed by atoms with Gasteiger partial charge in [0.25, 0.3) is 0 Å². The van der Waals surface area contributed by atoms with Gasteiger partial charge in [-0.1, -0.05) is 23.9 Å². The van der Waals surface area contributed by atoms with E-state index >= 15 is 0 Å². The van der Waals surface area contributed by atoms with Gasteiger partial charge in [0.1, 0.15) is 5.82 Å². The van der Waals surface area contributed by atoms with Crippen LogP contribution in [0.4, 0.5) is 4.39 Å². The molecule has 31 heavy (non-hydrogen) atoms. The maximum absolute atomic E-state index is 13.3. The first kappa shape index (κ1) is 20.5. The molecule has 0 bridgehead atoms. The Balaban J connectivity index is 1.57. The molecule has 10 heteroatoms. The van der Waals surface area contributed by atoms with E-state index in [1.165, 1.54) is 23.9 Å². The van der Waals surface area contributed by atoms with Crippen LogP contribution >= 0.6 is 11.8 Å². The smallest absolute Gasteiger partial charge is 0.241 e. The lowest BCUT2D eigenvalue weighted by atomic mass is 10.1. The number of rotatable bonds is 6. The van der Waals surface area contributed by atoms with E-state index in [-0.39, 0.29) is 21.7 Å². The Kier molecular flexibility index (Phi) is 4.83. The summed E-state index contributed by atoms with van der Waals surface area (Å²) in [6.45, 7) is 3.81. The Morgan fingerprint density at radius 2 is 2.00 bits per heavy atom. The summed E-state index contributed by atoms with van der Waals surface area (Å²) in [4.78, 5) is 0.211. The van der Waals surface area contributed by atoms with Crippen LogP contribution in [0.5, 0.6) is 0 Å². The molecule has 3 aromatic rings. The fraction of sp³-hybridized carbons (Fsp3) is 0.333. The second-order valence-corrected chi connectivity index (χ2v) is 11.2. The van der Waals surface area contributed by atoms with Crippen LogP contribution in [0, 0.1) is 5.82 Å². The van der Waals surface area contributed by atoms with Crippen molar-refractivity contribution in [3.05, 3.63) is 59.5 Å². The molecule has 0 radical (unpaired) electrons. The van der Waals surface area contributed by atoms with E-state index in [0.717, 1.165) is 34.5 Å². The zero-order valence-corrected chi connectivity index (χ0v) is 18.7. The van der Waals surface area contributed by atoms with Crippen molar-refractivity contribution in [1.29, 1.82) is 0 Å². The summed E-state index contributed by atoms with van der Waals surface area (Å²) in [5, 5.41) is 10.7. The van der Waals surface area contributed by atoms with Crippen molar-refractivity contribution in [3.8, 4) is 0 Å². The molecular weight excluding hydrogens is 437 g/mol. The number of benzene rings is 2. The van der Waals surface area contributed by atoms with Gasteiger partial charge in [-0.3, -0.25) is 5.43 Å². The molecule has 0 amide bonds. The molecule has 2 aromatic carbocycles. The van der Waals surface area contributed by atoms with E-state index in [2.05, 4.69) is 15.2 Å². The van der Waals surface area contributed by atoms with E-state index in [1.807, 2.05) is 13.8 Å². The molecular formula is C21H22FN5O2S2. The third-order valence-corrected chi connectivity index (χ3v) is 8.16. The lowest BCUT2D eigenvalue weighted by Gasteiger charge is -2.14. The van der Waals surface area contributed by atoms with Gasteiger partial charge in [0.2, 0.25) is 10.0 Å². The van der Waals surface area contributed by atoms with Gasteiger partial charge in [-0.25, -0.2) is 22.2 Å². The van der Waals surface area contributed by atoms with E-state index in [1.54, 1.807) is 35.0 Å². The predicted molar refractivity (Wildman–Crippen MR) is 120 cm³/mol. The van der Waals surface area contributed by atoms with Crippen molar-refractivity contribution in [2.45, 2.75) is 49.0 Å². The molecule has 5 rings (SSSR count). The fourth-order valence-corrected chi connectivity index (χ4v) is 5.87. The van der Waals surface area contributed by atoms with Crippen molar-refractivity contribution in [2.75, 3.05) is 0 Å². The SMILES string of the molecule is CC1=NNC(n2nc(Cc3ccc(F)cc3)c3ccc(S(=O)(=O)NC4(C)CC4)cc32)S1. The molecule has 1 aromatic heterocycles. The van der Waals surface area contributed by atoms with E-state index in [4.69, 9.17) is 5.10 Å². The number of nitrogens with one attached hydrogen (secondary N) is 2. The fourth-order valence-electron chi connectivity index (χ4n) is 3.59. The minimum absolute atomic E-state index is 0.211. The number of nitrogens with zero attached hydrogens (tertiary/aromatic N) is 3. The van der Waals surface area contributed by atoms with Crippen LogP contribution < -0.4 is 10.1 Å².